The highest BCUT2D eigenvalue weighted by Gasteiger charge is 2.14. The standard InChI is InChI=1S/C14H19FN2O3/c1-10(14(19)20)9-17(2)7-6-13(18)16-12-5-3-4-11(15)8-12/h3-5,8,10H,6-7,9H2,1-2H3,(H,16,18)(H,19,20). The van der Waals surface area contributed by atoms with Gasteiger partial charge in [-0.3, -0.25) is 9.59 Å². The molecule has 0 spiro atoms. The summed E-state index contributed by atoms with van der Waals surface area (Å²) in [7, 11) is 1.76. The Morgan fingerprint density at radius 1 is 1.45 bits per heavy atom. The van der Waals surface area contributed by atoms with Crippen LogP contribution in [0.15, 0.2) is 24.3 Å². The van der Waals surface area contributed by atoms with Crippen LogP contribution in [-0.4, -0.2) is 42.0 Å². The Balaban J connectivity index is 2.34. The molecule has 1 unspecified atom stereocenters. The molecule has 0 radical (unpaired) electrons. The summed E-state index contributed by atoms with van der Waals surface area (Å²) in [6, 6.07) is 5.67. The molecule has 1 amide bonds. The van der Waals surface area contributed by atoms with Gasteiger partial charge in [0, 0.05) is 25.2 Å². The average Bonchev–Trinajstić information content (AvgIpc) is 2.36. The molecule has 1 aromatic rings. The van der Waals surface area contributed by atoms with Crippen molar-refractivity contribution in [2.75, 3.05) is 25.5 Å². The number of nitrogens with zero attached hydrogens (tertiary/aromatic N) is 1. The van der Waals surface area contributed by atoms with Crippen LogP contribution in [0.4, 0.5) is 10.1 Å². The fourth-order valence-electron chi connectivity index (χ4n) is 1.72. The minimum Gasteiger partial charge on any atom is -0.481 e. The second kappa shape index (κ2) is 7.59. The lowest BCUT2D eigenvalue weighted by molar-refractivity contribution is -0.141. The number of carboxylic acid groups (broad SMARTS) is 1. The molecular formula is C14H19FN2O3. The van der Waals surface area contributed by atoms with Crippen molar-refractivity contribution in [2.24, 2.45) is 5.92 Å². The highest BCUT2D eigenvalue weighted by atomic mass is 19.1. The number of halogens is 1. The fourth-order valence-corrected chi connectivity index (χ4v) is 1.72. The van der Waals surface area contributed by atoms with Gasteiger partial charge in [0.2, 0.25) is 5.91 Å². The minimum atomic E-state index is -0.860. The van der Waals surface area contributed by atoms with E-state index in [-0.39, 0.29) is 12.3 Å². The van der Waals surface area contributed by atoms with Crippen molar-refractivity contribution >= 4 is 17.6 Å². The van der Waals surface area contributed by atoms with E-state index in [9.17, 15) is 14.0 Å². The molecule has 1 rings (SSSR count). The first kappa shape index (κ1) is 16.1. The van der Waals surface area contributed by atoms with Crippen molar-refractivity contribution < 1.29 is 19.1 Å². The van der Waals surface area contributed by atoms with Crippen LogP contribution in [0.5, 0.6) is 0 Å². The van der Waals surface area contributed by atoms with E-state index < -0.39 is 17.7 Å². The second-order valence-electron chi connectivity index (χ2n) is 4.81. The minimum absolute atomic E-state index is 0.222. The van der Waals surface area contributed by atoms with Gasteiger partial charge in [-0.2, -0.15) is 0 Å². The summed E-state index contributed by atoms with van der Waals surface area (Å²) in [6.45, 7) is 2.44. The molecule has 0 aromatic heterocycles. The SMILES string of the molecule is CC(CN(C)CCC(=O)Nc1cccc(F)c1)C(=O)O. The van der Waals surface area contributed by atoms with E-state index in [4.69, 9.17) is 5.11 Å². The average molecular weight is 282 g/mol. The van der Waals surface area contributed by atoms with Gasteiger partial charge in [0.15, 0.2) is 0 Å². The van der Waals surface area contributed by atoms with Crippen molar-refractivity contribution in [1.82, 2.24) is 4.90 Å². The van der Waals surface area contributed by atoms with Crippen LogP contribution in [0.2, 0.25) is 0 Å². The van der Waals surface area contributed by atoms with E-state index in [1.807, 2.05) is 0 Å². The lowest BCUT2D eigenvalue weighted by Crippen LogP contribution is -2.31. The molecule has 110 valence electrons. The monoisotopic (exact) mass is 282 g/mol. The Bertz CT molecular complexity index is 479. The van der Waals surface area contributed by atoms with E-state index in [0.717, 1.165) is 0 Å². The number of carbonyl (C=O) groups excluding carboxylic acids is 1. The van der Waals surface area contributed by atoms with E-state index in [0.29, 0.717) is 18.8 Å². The molecular weight excluding hydrogens is 263 g/mol. The molecule has 0 fully saturated rings. The number of nitrogens with one attached hydrogen (secondary N) is 1. The summed E-state index contributed by atoms with van der Waals surface area (Å²) < 4.78 is 12.9. The second-order valence-corrected chi connectivity index (χ2v) is 4.81. The first-order valence-electron chi connectivity index (χ1n) is 6.35. The Hall–Kier alpha value is -1.95. The molecule has 2 N–H and O–H groups in total. The summed E-state index contributed by atoms with van der Waals surface area (Å²) >= 11 is 0. The Labute approximate surface area is 117 Å². The molecule has 5 nitrogen and oxygen atoms in total. The van der Waals surface area contributed by atoms with Gasteiger partial charge in [-0.05, 0) is 25.2 Å². The van der Waals surface area contributed by atoms with Gasteiger partial charge >= 0.3 is 5.97 Å². The highest BCUT2D eigenvalue weighted by molar-refractivity contribution is 5.90. The van der Waals surface area contributed by atoms with Gasteiger partial charge in [-0.1, -0.05) is 13.0 Å². The number of carbonyl (C=O) groups is 2. The van der Waals surface area contributed by atoms with Gasteiger partial charge in [0.05, 0.1) is 5.92 Å². The molecule has 1 aromatic carbocycles. The topological polar surface area (TPSA) is 69.6 Å². The van der Waals surface area contributed by atoms with E-state index >= 15 is 0 Å². The van der Waals surface area contributed by atoms with Crippen LogP contribution in [-0.2, 0) is 9.59 Å². The van der Waals surface area contributed by atoms with Crippen LogP contribution in [0.25, 0.3) is 0 Å². The smallest absolute Gasteiger partial charge is 0.307 e. The first-order chi connectivity index (χ1) is 9.38. The van der Waals surface area contributed by atoms with Crippen LogP contribution >= 0.6 is 0 Å². The number of hydrogen-bond acceptors (Lipinski definition) is 3. The Kier molecular flexibility index (Phi) is 6.11. The number of benzene rings is 1. The Morgan fingerprint density at radius 2 is 2.15 bits per heavy atom. The predicted octanol–water partition coefficient (Wildman–Crippen LogP) is 1.81. The van der Waals surface area contributed by atoms with Crippen LogP contribution in [0.1, 0.15) is 13.3 Å². The molecule has 0 aliphatic rings. The molecule has 6 heteroatoms. The molecule has 1 atom stereocenters. The van der Waals surface area contributed by atoms with Gasteiger partial charge in [-0.25, -0.2) is 4.39 Å². The van der Waals surface area contributed by atoms with Crippen LogP contribution in [0, 0.1) is 11.7 Å². The number of carboxylic acids is 1. The highest BCUT2D eigenvalue weighted by Crippen LogP contribution is 2.09. The maximum Gasteiger partial charge on any atom is 0.307 e. The number of anilines is 1. The number of hydrogen-bond donors (Lipinski definition) is 2. The predicted molar refractivity (Wildman–Crippen MR) is 73.9 cm³/mol. The summed E-state index contributed by atoms with van der Waals surface area (Å²) in [5.41, 5.74) is 0.413. The lowest BCUT2D eigenvalue weighted by atomic mass is 10.2. The van der Waals surface area contributed by atoms with Crippen molar-refractivity contribution in [1.29, 1.82) is 0 Å². The third-order valence-electron chi connectivity index (χ3n) is 2.84. The normalized spacial score (nSPS) is 12.2. The van der Waals surface area contributed by atoms with Gasteiger partial charge in [-0.15, -0.1) is 0 Å². The molecule has 0 heterocycles. The maximum atomic E-state index is 12.9. The number of amides is 1. The van der Waals surface area contributed by atoms with Gasteiger partial charge < -0.3 is 15.3 Å². The van der Waals surface area contributed by atoms with Crippen LogP contribution < -0.4 is 5.32 Å². The number of rotatable bonds is 7. The zero-order valence-electron chi connectivity index (χ0n) is 11.6. The quantitative estimate of drug-likeness (QED) is 0.800. The maximum absolute atomic E-state index is 12.9. The molecule has 0 saturated carbocycles. The van der Waals surface area contributed by atoms with Gasteiger partial charge in [0.25, 0.3) is 0 Å². The largest absolute Gasteiger partial charge is 0.481 e. The van der Waals surface area contributed by atoms with E-state index in [1.54, 1.807) is 24.9 Å². The van der Waals surface area contributed by atoms with Crippen molar-refractivity contribution in [3.63, 3.8) is 0 Å². The third kappa shape index (κ3) is 5.79. The fraction of sp³-hybridized carbons (Fsp3) is 0.429. The zero-order valence-corrected chi connectivity index (χ0v) is 11.6. The molecule has 0 aliphatic heterocycles. The van der Waals surface area contributed by atoms with E-state index in [2.05, 4.69) is 5.32 Å². The van der Waals surface area contributed by atoms with Gasteiger partial charge in [0.1, 0.15) is 5.82 Å². The first-order valence-corrected chi connectivity index (χ1v) is 6.35. The van der Waals surface area contributed by atoms with Crippen molar-refractivity contribution in [2.45, 2.75) is 13.3 Å². The van der Waals surface area contributed by atoms with E-state index in [1.165, 1.54) is 18.2 Å². The van der Waals surface area contributed by atoms with Crippen LogP contribution in [0.3, 0.4) is 0 Å². The lowest BCUT2D eigenvalue weighted by Gasteiger charge is -2.18. The molecule has 0 saturated heterocycles. The molecule has 0 bridgehead atoms. The summed E-state index contributed by atoms with van der Waals surface area (Å²) in [4.78, 5) is 24.2. The van der Waals surface area contributed by atoms with Crippen molar-refractivity contribution in [3.8, 4) is 0 Å². The Morgan fingerprint density at radius 3 is 2.75 bits per heavy atom. The molecule has 0 aliphatic carbocycles. The van der Waals surface area contributed by atoms with Crippen molar-refractivity contribution in [3.05, 3.63) is 30.1 Å². The summed E-state index contributed by atoms with van der Waals surface area (Å²) in [6.07, 6.45) is 0.222. The molecule has 20 heavy (non-hydrogen) atoms. The third-order valence-corrected chi connectivity index (χ3v) is 2.84. The summed E-state index contributed by atoms with van der Waals surface area (Å²) in [5.74, 6) is -1.98. The zero-order chi connectivity index (χ0) is 15.1. The summed E-state index contributed by atoms with van der Waals surface area (Å²) in [5, 5.41) is 11.4. The number of aliphatic carboxylic acids is 1.